The summed E-state index contributed by atoms with van der Waals surface area (Å²) >= 11 is 0. The van der Waals surface area contributed by atoms with Crippen LogP contribution >= 0.6 is 0 Å². The maximum Gasteiger partial charge on any atom is 0.264 e. The van der Waals surface area contributed by atoms with Crippen LogP contribution in [0.15, 0.2) is 0 Å². The van der Waals surface area contributed by atoms with Gasteiger partial charge in [0.1, 0.15) is 12.3 Å². The highest BCUT2D eigenvalue weighted by atomic mass is 32.2. The van der Waals surface area contributed by atoms with Gasteiger partial charge in [-0.1, -0.05) is 0 Å². The van der Waals surface area contributed by atoms with Crippen molar-refractivity contribution in [1.82, 2.24) is 0 Å². The fourth-order valence-corrected chi connectivity index (χ4v) is 1.30. The fraction of sp³-hybridized carbons (Fsp3) is 1.00. The highest BCUT2D eigenvalue weighted by Crippen LogP contribution is 2.12. The molecule has 0 aliphatic heterocycles. The molecule has 5 heteroatoms. The van der Waals surface area contributed by atoms with Crippen LogP contribution in [0.4, 0.5) is 4.39 Å². The number of rotatable bonds is 3. The molecule has 0 rings (SSSR count). The Labute approximate surface area is 60.3 Å². The predicted molar refractivity (Wildman–Crippen MR) is 36.0 cm³/mol. The minimum absolute atomic E-state index is 0.819. The van der Waals surface area contributed by atoms with E-state index in [-0.39, 0.29) is 0 Å². The van der Waals surface area contributed by atoms with E-state index in [1.54, 1.807) is 0 Å². The molecular weight excluding hydrogens is 159 g/mol. The van der Waals surface area contributed by atoms with Crippen LogP contribution in [0, 0.1) is 0 Å². The average Bonchev–Trinajstić information content (AvgIpc) is 1.60. The van der Waals surface area contributed by atoms with Crippen LogP contribution in [0.1, 0.15) is 13.8 Å². The molecule has 62 valence electrons. The van der Waals surface area contributed by atoms with Gasteiger partial charge >= 0.3 is 0 Å². The van der Waals surface area contributed by atoms with Crippen LogP contribution in [-0.2, 0) is 14.3 Å². The molecule has 0 saturated carbocycles. The molecule has 0 atom stereocenters. The van der Waals surface area contributed by atoms with Crippen molar-refractivity contribution in [3.05, 3.63) is 0 Å². The zero-order chi connectivity index (χ0) is 8.41. The third-order valence-corrected chi connectivity index (χ3v) is 1.45. The Morgan fingerprint density at radius 2 is 1.90 bits per heavy atom. The van der Waals surface area contributed by atoms with E-state index >= 15 is 0 Å². The summed E-state index contributed by atoms with van der Waals surface area (Å²) in [5, 5.41) is 0. The summed E-state index contributed by atoms with van der Waals surface area (Å²) in [6.07, 6.45) is 0.893. The van der Waals surface area contributed by atoms with E-state index in [0.717, 1.165) is 6.26 Å². The summed E-state index contributed by atoms with van der Waals surface area (Å²) in [5.41, 5.74) is -1.23. The topological polar surface area (TPSA) is 43.4 Å². The van der Waals surface area contributed by atoms with Gasteiger partial charge in [0.05, 0.1) is 6.26 Å². The van der Waals surface area contributed by atoms with Gasteiger partial charge in [-0.05, 0) is 13.8 Å². The maximum atomic E-state index is 11.9. The first-order valence-corrected chi connectivity index (χ1v) is 4.55. The molecule has 0 aliphatic rings. The molecule has 0 amide bonds. The van der Waals surface area contributed by atoms with Crippen LogP contribution < -0.4 is 0 Å². The quantitative estimate of drug-likeness (QED) is 0.586. The van der Waals surface area contributed by atoms with Crippen molar-refractivity contribution in [2.45, 2.75) is 19.4 Å². The lowest BCUT2D eigenvalue weighted by molar-refractivity contribution is 0.0872. The average molecular weight is 170 g/mol. The van der Waals surface area contributed by atoms with Gasteiger partial charge in [0.25, 0.3) is 10.1 Å². The highest BCUT2D eigenvalue weighted by Gasteiger charge is 2.23. The molecule has 0 heterocycles. The molecule has 3 nitrogen and oxygen atoms in total. The monoisotopic (exact) mass is 170 g/mol. The SMILES string of the molecule is CC(C)(CF)OS(C)(=O)=O. The lowest BCUT2D eigenvalue weighted by Crippen LogP contribution is -2.29. The summed E-state index contributed by atoms with van der Waals surface area (Å²) in [4.78, 5) is 0. The van der Waals surface area contributed by atoms with Gasteiger partial charge in [-0.15, -0.1) is 0 Å². The first-order valence-electron chi connectivity index (χ1n) is 2.73. The number of alkyl halides is 1. The van der Waals surface area contributed by atoms with Crippen molar-refractivity contribution in [2.24, 2.45) is 0 Å². The molecule has 0 bridgehead atoms. The van der Waals surface area contributed by atoms with Gasteiger partial charge in [0.15, 0.2) is 0 Å². The molecule has 0 fully saturated rings. The van der Waals surface area contributed by atoms with Gasteiger partial charge < -0.3 is 0 Å². The molecule has 0 unspecified atom stereocenters. The van der Waals surface area contributed by atoms with Gasteiger partial charge in [-0.25, -0.2) is 4.39 Å². The van der Waals surface area contributed by atoms with E-state index in [2.05, 4.69) is 4.18 Å². The third kappa shape index (κ3) is 4.69. The molecule has 0 radical (unpaired) electrons. The van der Waals surface area contributed by atoms with Gasteiger partial charge in [-0.2, -0.15) is 8.42 Å². The van der Waals surface area contributed by atoms with E-state index < -0.39 is 22.4 Å². The summed E-state index contributed by atoms with van der Waals surface area (Å²) in [5.74, 6) is 0. The van der Waals surface area contributed by atoms with E-state index in [1.807, 2.05) is 0 Å². The van der Waals surface area contributed by atoms with Crippen LogP contribution in [0.3, 0.4) is 0 Å². The zero-order valence-corrected chi connectivity index (χ0v) is 7.03. The normalized spacial score (nSPS) is 13.6. The number of halogens is 1. The van der Waals surface area contributed by atoms with Gasteiger partial charge in [0, 0.05) is 0 Å². The molecule has 0 aromatic heterocycles. The first kappa shape index (κ1) is 9.84. The molecular formula is C5H11FO3S. The fourth-order valence-electron chi connectivity index (χ4n) is 0.432. The second kappa shape index (κ2) is 2.84. The molecule has 0 spiro atoms. The lowest BCUT2D eigenvalue weighted by atomic mass is 10.2. The largest absolute Gasteiger partial charge is 0.264 e. The van der Waals surface area contributed by atoms with E-state index in [1.165, 1.54) is 13.8 Å². The third-order valence-electron chi connectivity index (χ3n) is 0.699. The molecule has 0 N–H and O–H groups in total. The summed E-state index contributed by atoms with van der Waals surface area (Å²) in [7, 11) is -3.53. The summed E-state index contributed by atoms with van der Waals surface area (Å²) in [6.45, 7) is 1.92. The van der Waals surface area contributed by atoms with Crippen molar-refractivity contribution in [3.63, 3.8) is 0 Å². The van der Waals surface area contributed by atoms with Crippen molar-refractivity contribution < 1.29 is 17.0 Å². The Hall–Kier alpha value is -0.160. The number of hydrogen-bond acceptors (Lipinski definition) is 3. The molecule has 0 aromatic carbocycles. The minimum Gasteiger partial charge on any atom is -0.261 e. The molecule has 10 heavy (non-hydrogen) atoms. The Morgan fingerprint density at radius 1 is 1.50 bits per heavy atom. The van der Waals surface area contributed by atoms with Crippen LogP contribution in [0.25, 0.3) is 0 Å². The van der Waals surface area contributed by atoms with Crippen molar-refractivity contribution in [1.29, 1.82) is 0 Å². The molecule has 0 aliphatic carbocycles. The second-order valence-electron chi connectivity index (χ2n) is 2.68. The smallest absolute Gasteiger partial charge is 0.261 e. The Balaban J connectivity index is 4.16. The maximum absolute atomic E-state index is 11.9. The van der Waals surface area contributed by atoms with Crippen molar-refractivity contribution in [2.75, 3.05) is 12.9 Å². The van der Waals surface area contributed by atoms with Crippen LogP contribution in [0.5, 0.6) is 0 Å². The summed E-state index contributed by atoms with van der Waals surface area (Å²) < 4.78 is 37.1. The van der Waals surface area contributed by atoms with Gasteiger partial charge in [0.2, 0.25) is 0 Å². The molecule has 0 aromatic rings. The Bertz CT molecular complexity index is 195. The first-order chi connectivity index (χ1) is 4.27. The van der Waals surface area contributed by atoms with E-state index in [9.17, 15) is 12.8 Å². The highest BCUT2D eigenvalue weighted by molar-refractivity contribution is 7.86. The lowest BCUT2D eigenvalue weighted by Gasteiger charge is -2.18. The van der Waals surface area contributed by atoms with Gasteiger partial charge in [-0.3, -0.25) is 4.18 Å². The van der Waals surface area contributed by atoms with Crippen LogP contribution in [-0.4, -0.2) is 26.9 Å². The van der Waals surface area contributed by atoms with E-state index in [0.29, 0.717) is 0 Å². The van der Waals surface area contributed by atoms with Crippen molar-refractivity contribution >= 4 is 10.1 Å². The zero-order valence-electron chi connectivity index (χ0n) is 6.22. The second-order valence-corrected chi connectivity index (χ2v) is 4.26. The molecule has 0 saturated heterocycles. The Morgan fingerprint density at radius 3 is 2.00 bits per heavy atom. The minimum atomic E-state index is -3.53. The van der Waals surface area contributed by atoms with Crippen molar-refractivity contribution in [3.8, 4) is 0 Å². The Kier molecular flexibility index (Phi) is 2.79. The van der Waals surface area contributed by atoms with E-state index in [4.69, 9.17) is 0 Å². The summed E-state index contributed by atoms with van der Waals surface area (Å²) in [6, 6.07) is 0. The predicted octanol–water partition coefficient (Wildman–Crippen LogP) is 0.711. The standard InChI is InChI=1S/C5H11FO3S/c1-5(2,4-6)9-10(3,7)8/h4H2,1-3H3. The number of hydrogen-bond donors (Lipinski definition) is 0. The van der Waals surface area contributed by atoms with Crippen LogP contribution in [0.2, 0.25) is 0 Å².